The van der Waals surface area contributed by atoms with Gasteiger partial charge in [0.25, 0.3) is 0 Å². The standard InChI is InChI=1S/C14H23N3OS/c1-2-18-11-6-9-16-14(15)17-10-12-19-13-7-4-3-5-8-13/h3-5,7-8H,2,6,9-12H2,1H3,(H3,15,16,17). The van der Waals surface area contributed by atoms with Crippen LogP contribution in [0.3, 0.4) is 0 Å². The van der Waals surface area contributed by atoms with Crippen molar-refractivity contribution in [2.75, 3.05) is 32.1 Å². The van der Waals surface area contributed by atoms with E-state index in [1.165, 1.54) is 4.90 Å². The van der Waals surface area contributed by atoms with Crippen LogP contribution in [-0.4, -0.2) is 38.0 Å². The lowest BCUT2D eigenvalue weighted by atomic mass is 10.4. The van der Waals surface area contributed by atoms with Crippen LogP contribution in [-0.2, 0) is 4.74 Å². The van der Waals surface area contributed by atoms with Crippen molar-refractivity contribution < 1.29 is 4.74 Å². The lowest BCUT2D eigenvalue weighted by Crippen LogP contribution is -2.33. The normalized spacial score (nSPS) is 11.5. The molecule has 1 rings (SSSR count). The van der Waals surface area contributed by atoms with Crippen LogP contribution in [0.25, 0.3) is 0 Å². The first-order valence-electron chi connectivity index (χ1n) is 6.62. The summed E-state index contributed by atoms with van der Waals surface area (Å²) in [7, 11) is 0. The van der Waals surface area contributed by atoms with E-state index >= 15 is 0 Å². The van der Waals surface area contributed by atoms with Crippen molar-refractivity contribution in [1.82, 2.24) is 5.32 Å². The largest absolute Gasteiger partial charge is 0.382 e. The summed E-state index contributed by atoms with van der Waals surface area (Å²) in [5.41, 5.74) is 5.76. The van der Waals surface area contributed by atoms with Crippen LogP contribution in [0.1, 0.15) is 13.3 Å². The molecule has 0 aliphatic heterocycles. The number of hydrogen-bond donors (Lipinski definition) is 2. The van der Waals surface area contributed by atoms with Crippen molar-refractivity contribution in [3.63, 3.8) is 0 Å². The lowest BCUT2D eigenvalue weighted by molar-refractivity contribution is 0.146. The minimum atomic E-state index is 0.519. The molecule has 0 fully saturated rings. The second kappa shape index (κ2) is 10.7. The molecule has 1 aromatic rings. The summed E-state index contributed by atoms with van der Waals surface area (Å²) >= 11 is 1.80. The molecule has 3 N–H and O–H groups in total. The van der Waals surface area contributed by atoms with Crippen LogP contribution in [0.2, 0.25) is 0 Å². The number of aliphatic imine (C=N–C) groups is 1. The Hall–Kier alpha value is -1.20. The number of guanidine groups is 1. The van der Waals surface area contributed by atoms with Gasteiger partial charge in [-0.15, -0.1) is 11.8 Å². The first-order valence-corrected chi connectivity index (χ1v) is 7.61. The second-order valence-electron chi connectivity index (χ2n) is 3.91. The first-order chi connectivity index (χ1) is 9.33. The molecule has 106 valence electrons. The maximum Gasteiger partial charge on any atom is 0.188 e. The Labute approximate surface area is 119 Å². The lowest BCUT2D eigenvalue weighted by Gasteiger charge is -2.05. The highest BCUT2D eigenvalue weighted by Gasteiger charge is 1.94. The monoisotopic (exact) mass is 281 g/mol. The predicted molar refractivity (Wildman–Crippen MR) is 82.8 cm³/mol. The van der Waals surface area contributed by atoms with E-state index in [9.17, 15) is 0 Å². The Bertz CT molecular complexity index is 357. The minimum absolute atomic E-state index is 0.519. The highest BCUT2D eigenvalue weighted by molar-refractivity contribution is 7.99. The van der Waals surface area contributed by atoms with Crippen LogP contribution in [0.5, 0.6) is 0 Å². The van der Waals surface area contributed by atoms with Crippen molar-refractivity contribution in [3.05, 3.63) is 30.3 Å². The molecule has 5 heteroatoms. The Balaban J connectivity index is 2.03. The van der Waals surface area contributed by atoms with Crippen molar-refractivity contribution in [2.45, 2.75) is 18.2 Å². The zero-order valence-corrected chi connectivity index (χ0v) is 12.3. The van der Waals surface area contributed by atoms with E-state index in [0.717, 1.165) is 31.9 Å². The summed E-state index contributed by atoms with van der Waals surface area (Å²) in [6, 6.07) is 10.3. The van der Waals surface area contributed by atoms with Gasteiger partial charge in [-0.05, 0) is 25.5 Å². The van der Waals surface area contributed by atoms with Gasteiger partial charge >= 0.3 is 0 Å². The molecule has 0 unspecified atom stereocenters. The van der Waals surface area contributed by atoms with E-state index in [1.54, 1.807) is 11.8 Å². The van der Waals surface area contributed by atoms with Crippen molar-refractivity contribution in [3.8, 4) is 0 Å². The van der Waals surface area contributed by atoms with E-state index in [2.05, 4.69) is 22.4 Å². The molecule has 0 spiro atoms. The van der Waals surface area contributed by atoms with Gasteiger partial charge in [-0.25, -0.2) is 0 Å². The fraction of sp³-hybridized carbons (Fsp3) is 0.500. The predicted octanol–water partition coefficient (Wildman–Crippen LogP) is 2.11. The van der Waals surface area contributed by atoms with Gasteiger partial charge < -0.3 is 15.8 Å². The number of hydrogen-bond acceptors (Lipinski definition) is 3. The fourth-order valence-electron chi connectivity index (χ4n) is 1.43. The van der Waals surface area contributed by atoms with Gasteiger partial charge in [0.2, 0.25) is 0 Å². The maximum atomic E-state index is 5.76. The molecular weight excluding hydrogens is 258 g/mol. The molecule has 0 aliphatic carbocycles. The van der Waals surface area contributed by atoms with Gasteiger partial charge in [-0.1, -0.05) is 18.2 Å². The van der Waals surface area contributed by atoms with Crippen molar-refractivity contribution >= 4 is 17.7 Å². The molecule has 0 amide bonds. The summed E-state index contributed by atoms with van der Waals surface area (Å²) < 4.78 is 5.23. The molecule has 0 aromatic heterocycles. The zero-order chi connectivity index (χ0) is 13.8. The zero-order valence-electron chi connectivity index (χ0n) is 11.5. The van der Waals surface area contributed by atoms with E-state index in [0.29, 0.717) is 12.5 Å². The molecule has 4 nitrogen and oxygen atoms in total. The van der Waals surface area contributed by atoms with Gasteiger partial charge in [0.15, 0.2) is 5.96 Å². The quantitative estimate of drug-likeness (QED) is 0.315. The maximum absolute atomic E-state index is 5.76. The third kappa shape index (κ3) is 8.51. The summed E-state index contributed by atoms with van der Waals surface area (Å²) in [4.78, 5) is 5.51. The fourth-order valence-corrected chi connectivity index (χ4v) is 2.22. The van der Waals surface area contributed by atoms with Crippen LogP contribution in [0, 0.1) is 0 Å². The first kappa shape index (κ1) is 15.9. The van der Waals surface area contributed by atoms with Crippen LogP contribution < -0.4 is 11.1 Å². The molecule has 0 aliphatic rings. The summed E-state index contributed by atoms with van der Waals surface area (Å²) in [6.07, 6.45) is 0.912. The van der Waals surface area contributed by atoms with E-state index < -0.39 is 0 Å². The Morgan fingerprint density at radius 3 is 2.89 bits per heavy atom. The average Bonchev–Trinajstić information content (AvgIpc) is 2.44. The van der Waals surface area contributed by atoms with E-state index in [-0.39, 0.29) is 0 Å². The number of ether oxygens (including phenoxy) is 1. The Morgan fingerprint density at radius 2 is 2.16 bits per heavy atom. The summed E-state index contributed by atoms with van der Waals surface area (Å²) in [6.45, 7) is 5.03. The molecule has 1 aromatic carbocycles. The SMILES string of the molecule is CCOCCCN=C(N)NCCSc1ccccc1. The van der Waals surface area contributed by atoms with Crippen LogP contribution in [0.15, 0.2) is 40.2 Å². The minimum Gasteiger partial charge on any atom is -0.382 e. The van der Waals surface area contributed by atoms with Gasteiger partial charge in [-0.2, -0.15) is 0 Å². The number of benzene rings is 1. The number of rotatable bonds is 9. The summed E-state index contributed by atoms with van der Waals surface area (Å²) in [5.74, 6) is 1.49. The van der Waals surface area contributed by atoms with E-state index in [1.807, 2.05) is 25.1 Å². The summed E-state index contributed by atoms with van der Waals surface area (Å²) in [5, 5.41) is 3.11. The molecule has 0 bridgehead atoms. The van der Waals surface area contributed by atoms with Gasteiger partial charge in [0.05, 0.1) is 0 Å². The molecule has 19 heavy (non-hydrogen) atoms. The van der Waals surface area contributed by atoms with Crippen molar-refractivity contribution in [1.29, 1.82) is 0 Å². The smallest absolute Gasteiger partial charge is 0.188 e. The third-order valence-electron chi connectivity index (χ3n) is 2.35. The highest BCUT2D eigenvalue weighted by atomic mass is 32.2. The van der Waals surface area contributed by atoms with Crippen molar-refractivity contribution in [2.24, 2.45) is 10.7 Å². The third-order valence-corrected chi connectivity index (χ3v) is 3.37. The number of nitrogens with zero attached hydrogens (tertiary/aromatic N) is 1. The van der Waals surface area contributed by atoms with E-state index in [4.69, 9.17) is 10.5 Å². The number of nitrogens with two attached hydrogens (primary N) is 1. The molecule has 0 heterocycles. The Kier molecular flexibility index (Phi) is 8.93. The molecular formula is C14H23N3OS. The molecule has 0 atom stereocenters. The highest BCUT2D eigenvalue weighted by Crippen LogP contribution is 2.15. The number of nitrogens with one attached hydrogen (secondary N) is 1. The Morgan fingerprint density at radius 1 is 1.37 bits per heavy atom. The topological polar surface area (TPSA) is 59.6 Å². The molecule has 0 radical (unpaired) electrons. The van der Waals surface area contributed by atoms with Crippen LogP contribution >= 0.6 is 11.8 Å². The van der Waals surface area contributed by atoms with Crippen LogP contribution in [0.4, 0.5) is 0 Å². The van der Waals surface area contributed by atoms with Gasteiger partial charge in [0.1, 0.15) is 0 Å². The van der Waals surface area contributed by atoms with Gasteiger partial charge in [0, 0.05) is 37.0 Å². The average molecular weight is 281 g/mol. The van der Waals surface area contributed by atoms with Gasteiger partial charge in [-0.3, -0.25) is 4.99 Å². The molecule has 0 saturated heterocycles. The second-order valence-corrected chi connectivity index (χ2v) is 5.07. The number of thioether (sulfide) groups is 1. The molecule has 0 saturated carbocycles.